The van der Waals surface area contributed by atoms with E-state index in [9.17, 15) is 9.59 Å². The average molecular weight is 264 g/mol. The van der Waals surface area contributed by atoms with Crippen molar-refractivity contribution in [3.05, 3.63) is 23.4 Å². The van der Waals surface area contributed by atoms with E-state index in [1.165, 1.54) is 6.07 Å². The number of amides is 2. The summed E-state index contributed by atoms with van der Waals surface area (Å²) < 4.78 is 0. The molecule has 1 aromatic rings. The van der Waals surface area contributed by atoms with Crippen molar-refractivity contribution in [2.24, 2.45) is 0 Å². The second-order valence-corrected chi connectivity index (χ2v) is 4.53. The van der Waals surface area contributed by atoms with Gasteiger partial charge in [-0.15, -0.1) is 0 Å². The summed E-state index contributed by atoms with van der Waals surface area (Å²) in [5, 5.41) is 5.24. The van der Waals surface area contributed by atoms with Crippen LogP contribution in [0.5, 0.6) is 0 Å². The van der Waals surface area contributed by atoms with Gasteiger partial charge in [-0.25, -0.2) is 4.98 Å². The van der Waals surface area contributed by atoms with Crippen molar-refractivity contribution >= 4 is 17.6 Å². The third-order valence-electron chi connectivity index (χ3n) is 2.38. The van der Waals surface area contributed by atoms with Gasteiger partial charge in [0.2, 0.25) is 5.91 Å². The maximum atomic E-state index is 11.9. The summed E-state index contributed by atoms with van der Waals surface area (Å²) >= 11 is 0. The van der Waals surface area contributed by atoms with E-state index in [1.54, 1.807) is 6.07 Å². The molecule has 0 aliphatic carbocycles. The lowest BCUT2D eigenvalue weighted by Crippen LogP contribution is -2.39. The van der Waals surface area contributed by atoms with E-state index in [1.807, 2.05) is 20.8 Å². The number of carbonyl (C=O) groups excluding carboxylic acids is 2. The van der Waals surface area contributed by atoms with Crippen LogP contribution in [0, 0.1) is 0 Å². The Bertz CT molecular complexity index is 472. The highest BCUT2D eigenvalue weighted by Gasteiger charge is 2.10. The number of nitrogens with zero attached hydrogens (tertiary/aromatic N) is 1. The molecule has 0 saturated heterocycles. The van der Waals surface area contributed by atoms with Crippen molar-refractivity contribution < 1.29 is 9.59 Å². The molecule has 0 spiro atoms. The largest absolute Gasteiger partial charge is 0.384 e. The molecule has 0 fully saturated rings. The Morgan fingerprint density at radius 2 is 2.05 bits per heavy atom. The first-order chi connectivity index (χ1) is 8.92. The van der Waals surface area contributed by atoms with Gasteiger partial charge in [-0.1, -0.05) is 6.92 Å². The average Bonchev–Trinajstić information content (AvgIpc) is 2.34. The number of anilines is 1. The van der Waals surface area contributed by atoms with Gasteiger partial charge in [0, 0.05) is 17.3 Å². The molecule has 104 valence electrons. The molecule has 2 amide bonds. The quantitative estimate of drug-likeness (QED) is 0.720. The van der Waals surface area contributed by atoms with E-state index in [2.05, 4.69) is 15.6 Å². The predicted molar refractivity (Wildman–Crippen MR) is 73.6 cm³/mol. The smallest absolute Gasteiger partial charge is 0.251 e. The lowest BCUT2D eigenvalue weighted by Gasteiger charge is -2.10. The summed E-state index contributed by atoms with van der Waals surface area (Å²) in [6.07, 6.45) is 0.694. The molecule has 0 saturated carbocycles. The second-order valence-electron chi connectivity index (χ2n) is 4.53. The number of carbonyl (C=O) groups is 2. The first-order valence-electron chi connectivity index (χ1n) is 6.26. The standard InChI is InChI=1S/C13H20N4O2/c1-4-10-5-9(6-11(14)17-10)13(19)15-7-12(18)16-8(2)3/h5-6,8H,4,7H2,1-3H3,(H2,14,17)(H,15,19)(H,16,18). The minimum atomic E-state index is -0.331. The Hall–Kier alpha value is -2.11. The highest BCUT2D eigenvalue weighted by molar-refractivity contribution is 5.97. The molecule has 4 N–H and O–H groups in total. The molecule has 1 aromatic heterocycles. The first kappa shape index (κ1) is 14.9. The Kier molecular flexibility index (Phi) is 5.29. The summed E-state index contributed by atoms with van der Waals surface area (Å²) in [4.78, 5) is 27.4. The first-order valence-corrected chi connectivity index (χ1v) is 6.26. The van der Waals surface area contributed by atoms with Gasteiger partial charge >= 0.3 is 0 Å². The van der Waals surface area contributed by atoms with E-state index in [0.717, 1.165) is 5.69 Å². The minimum Gasteiger partial charge on any atom is -0.384 e. The van der Waals surface area contributed by atoms with Gasteiger partial charge in [0.25, 0.3) is 5.91 Å². The van der Waals surface area contributed by atoms with E-state index in [-0.39, 0.29) is 24.4 Å². The number of aryl methyl sites for hydroxylation is 1. The highest BCUT2D eigenvalue weighted by Crippen LogP contribution is 2.08. The minimum absolute atomic E-state index is 0.0488. The zero-order valence-electron chi connectivity index (χ0n) is 11.5. The fraction of sp³-hybridized carbons (Fsp3) is 0.462. The van der Waals surface area contributed by atoms with E-state index in [4.69, 9.17) is 5.73 Å². The number of nitrogens with two attached hydrogens (primary N) is 1. The van der Waals surface area contributed by atoms with Crippen molar-refractivity contribution in [2.75, 3.05) is 12.3 Å². The van der Waals surface area contributed by atoms with Gasteiger partial charge in [-0.3, -0.25) is 9.59 Å². The van der Waals surface area contributed by atoms with E-state index in [0.29, 0.717) is 17.8 Å². The van der Waals surface area contributed by atoms with Crippen LogP contribution in [0.2, 0.25) is 0 Å². The Balaban J connectivity index is 2.63. The van der Waals surface area contributed by atoms with Crippen LogP contribution in [-0.2, 0) is 11.2 Å². The third kappa shape index (κ3) is 4.95. The van der Waals surface area contributed by atoms with Gasteiger partial charge in [-0.05, 0) is 32.4 Å². The summed E-state index contributed by atoms with van der Waals surface area (Å²) in [5.41, 5.74) is 6.79. The van der Waals surface area contributed by atoms with Crippen LogP contribution >= 0.6 is 0 Å². The van der Waals surface area contributed by atoms with Crippen molar-refractivity contribution in [3.8, 4) is 0 Å². The number of pyridine rings is 1. The van der Waals surface area contributed by atoms with Crippen LogP contribution in [0.3, 0.4) is 0 Å². The maximum absolute atomic E-state index is 11.9. The molecule has 0 aliphatic heterocycles. The van der Waals surface area contributed by atoms with Crippen LogP contribution < -0.4 is 16.4 Å². The number of hydrogen-bond acceptors (Lipinski definition) is 4. The molecule has 1 rings (SSSR count). The molecule has 0 aliphatic rings. The van der Waals surface area contributed by atoms with Gasteiger partial charge < -0.3 is 16.4 Å². The SMILES string of the molecule is CCc1cc(C(=O)NCC(=O)NC(C)C)cc(N)n1. The molecule has 0 radical (unpaired) electrons. The third-order valence-corrected chi connectivity index (χ3v) is 2.38. The molecule has 0 atom stereocenters. The predicted octanol–water partition coefficient (Wildman–Crippen LogP) is 0.481. The van der Waals surface area contributed by atoms with Crippen LogP contribution in [-0.4, -0.2) is 29.4 Å². The van der Waals surface area contributed by atoms with Gasteiger partial charge in [-0.2, -0.15) is 0 Å². The zero-order chi connectivity index (χ0) is 14.4. The van der Waals surface area contributed by atoms with Crippen molar-refractivity contribution in [2.45, 2.75) is 33.2 Å². The number of nitrogens with one attached hydrogen (secondary N) is 2. The molecule has 6 nitrogen and oxygen atoms in total. The number of hydrogen-bond donors (Lipinski definition) is 3. The van der Waals surface area contributed by atoms with Crippen LogP contribution in [0.1, 0.15) is 36.8 Å². The second kappa shape index (κ2) is 6.72. The normalized spacial score (nSPS) is 10.3. The molecule has 1 heterocycles. The van der Waals surface area contributed by atoms with Crippen molar-refractivity contribution in [3.63, 3.8) is 0 Å². The van der Waals surface area contributed by atoms with Crippen LogP contribution in [0.15, 0.2) is 12.1 Å². The molecule has 6 heteroatoms. The number of aromatic nitrogens is 1. The summed E-state index contributed by atoms with van der Waals surface area (Å²) in [7, 11) is 0. The number of nitrogen functional groups attached to an aromatic ring is 1. The zero-order valence-corrected chi connectivity index (χ0v) is 11.5. The summed E-state index contributed by atoms with van der Waals surface area (Å²) in [5.74, 6) is -0.250. The molecular weight excluding hydrogens is 244 g/mol. The number of rotatable bonds is 5. The Morgan fingerprint density at radius 1 is 1.37 bits per heavy atom. The van der Waals surface area contributed by atoms with Crippen molar-refractivity contribution in [1.82, 2.24) is 15.6 Å². The van der Waals surface area contributed by atoms with Crippen LogP contribution in [0.25, 0.3) is 0 Å². The Labute approximate surface area is 112 Å². The van der Waals surface area contributed by atoms with E-state index < -0.39 is 0 Å². The molecular formula is C13H20N4O2. The van der Waals surface area contributed by atoms with Gasteiger partial charge in [0.15, 0.2) is 0 Å². The highest BCUT2D eigenvalue weighted by atomic mass is 16.2. The Morgan fingerprint density at radius 3 is 2.63 bits per heavy atom. The fourth-order valence-corrected chi connectivity index (χ4v) is 1.56. The topological polar surface area (TPSA) is 97.1 Å². The van der Waals surface area contributed by atoms with Crippen molar-refractivity contribution in [1.29, 1.82) is 0 Å². The molecule has 0 bridgehead atoms. The fourth-order valence-electron chi connectivity index (χ4n) is 1.56. The van der Waals surface area contributed by atoms with Gasteiger partial charge in [0.1, 0.15) is 5.82 Å². The lowest BCUT2D eigenvalue weighted by atomic mass is 10.2. The lowest BCUT2D eigenvalue weighted by molar-refractivity contribution is -0.120. The van der Waals surface area contributed by atoms with Gasteiger partial charge in [0.05, 0.1) is 6.54 Å². The van der Waals surface area contributed by atoms with Crippen LogP contribution in [0.4, 0.5) is 5.82 Å². The summed E-state index contributed by atoms with van der Waals surface area (Å²) in [6.45, 7) is 5.59. The monoisotopic (exact) mass is 264 g/mol. The van der Waals surface area contributed by atoms with E-state index >= 15 is 0 Å². The summed E-state index contributed by atoms with van der Waals surface area (Å²) in [6, 6.07) is 3.22. The molecule has 0 unspecified atom stereocenters. The molecule has 19 heavy (non-hydrogen) atoms. The molecule has 0 aromatic carbocycles. The maximum Gasteiger partial charge on any atom is 0.251 e.